The van der Waals surface area contributed by atoms with Crippen LogP contribution >= 0.6 is 0 Å². The van der Waals surface area contributed by atoms with Crippen LogP contribution in [0.5, 0.6) is 5.75 Å². The van der Waals surface area contributed by atoms with Crippen molar-refractivity contribution in [3.8, 4) is 16.9 Å². The number of nitrogens with zero attached hydrogens (tertiary/aromatic N) is 3. The normalized spacial score (nSPS) is 16.6. The molecule has 1 aromatic carbocycles. The second kappa shape index (κ2) is 8.05. The van der Waals surface area contributed by atoms with E-state index in [1.165, 1.54) is 12.4 Å². The van der Waals surface area contributed by atoms with Crippen LogP contribution in [0.4, 0.5) is 19.0 Å². The van der Waals surface area contributed by atoms with Crippen LogP contribution in [0.25, 0.3) is 22.0 Å². The molecular weight excluding hydrogens is 409 g/mol. The van der Waals surface area contributed by atoms with Gasteiger partial charge in [-0.3, -0.25) is 9.78 Å². The van der Waals surface area contributed by atoms with Gasteiger partial charge >= 0.3 is 6.18 Å². The van der Waals surface area contributed by atoms with Crippen molar-refractivity contribution in [1.29, 1.82) is 0 Å². The summed E-state index contributed by atoms with van der Waals surface area (Å²) < 4.78 is 45.9. The molecule has 0 radical (unpaired) electrons. The van der Waals surface area contributed by atoms with Crippen LogP contribution in [-0.2, 0) is 11.0 Å². The molecule has 4 rings (SSSR count). The van der Waals surface area contributed by atoms with Crippen molar-refractivity contribution in [2.24, 2.45) is 0 Å². The Morgan fingerprint density at radius 3 is 2.81 bits per heavy atom. The summed E-state index contributed by atoms with van der Waals surface area (Å²) in [6.45, 7) is 2.99. The smallest absolute Gasteiger partial charge is 0.419 e. The van der Waals surface area contributed by atoms with Crippen LogP contribution < -0.4 is 10.5 Å². The molecular formula is C22H21F3N4O2. The summed E-state index contributed by atoms with van der Waals surface area (Å²) in [6, 6.07) is 7.91. The lowest BCUT2D eigenvalue weighted by Crippen LogP contribution is -2.30. The molecule has 9 heteroatoms. The number of amides is 1. The maximum absolute atomic E-state index is 13.3. The third-order valence-electron chi connectivity index (χ3n) is 5.35. The summed E-state index contributed by atoms with van der Waals surface area (Å²) in [5, 5.41) is 0.638. The van der Waals surface area contributed by atoms with Gasteiger partial charge in [0.15, 0.2) is 0 Å². The van der Waals surface area contributed by atoms with E-state index in [-0.39, 0.29) is 17.6 Å². The Morgan fingerprint density at radius 1 is 1.26 bits per heavy atom. The zero-order valence-electron chi connectivity index (χ0n) is 16.8. The fourth-order valence-corrected chi connectivity index (χ4v) is 3.77. The van der Waals surface area contributed by atoms with Gasteiger partial charge in [-0.15, -0.1) is 0 Å². The van der Waals surface area contributed by atoms with Gasteiger partial charge in [0.25, 0.3) is 0 Å². The van der Waals surface area contributed by atoms with Crippen LogP contribution in [0, 0.1) is 0 Å². The number of likely N-dealkylation sites (tertiary alicyclic amines) is 1. The van der Waals surface area contributed by atoms with Gasteiger partial charge < -0.3 is 15.4 Å². The molecule has 3 aromatic rings. The van der Waals surface area contributed by atoms with Crippen LogP contribution in [0.1, 0.15) is 25.3 Å². The van der Waals surface area contributed by atoms with E-state index in [0.717, 1.165) is 12.5 Å². The molecule has 1 aliphatic heterocycles. The molecule has 6 nitrogen and oxygen atoms in total. The van der Waals surface area contributed by atoms with Crippen LogP contribution in [0.15, 0.2) is 42.7 Å². The molecule has 1 saturated heterocycles. The first-order valence-corrected chi connectivity index (χ1v) is 9.92. The van der Waals surface area contributed by atoms with Gasteiger partial charge in [0.2, 0.25) is 5.91 Å². The number of alkyl halides is 3. The first-order chi connectivity index (χ1) is 14.8. The highest BCUT2D eigenvalue weighted by Crippen LogP contribution is 2.37. The number of hydrogen-bond donors (Lipinski definition) is 1. The zero-order valence-corrected chi connectivity index (χ0v) is 16.8. The lowest BCUT2D eigenvalue weighted by Gasteiger charge is -2.17. The molecule has 0 spiro atoms. The lowest BCUT2D eigenvalue weighted by molar-refractivity contribution is -0.137. The minimum atomic E-state index is -4.60. The highest BCUT2D eigenvalue weighted by atomic mass is 19.4. The Balaban J connectivity index is 1.67. The molecule has 0 saturated carbocycles. The number of nitrogen functional groups attached to an aromatic ring is 1. The summed E-state index contributed by atoms with van der Waals surface area (Å²) in [5.74, 6) is 0.0930. The van der Waals surface area contributed by atoms with Crippen LogP contribution in [0.3, 0.4) is 0 Å². The number of ether oxygens (including phenoxy) is 1. The number of benzene rings is 1. The van der Waals surface area contributed by atoms with E-state index in [0.29, 0.717) is 41.7 Å². The molecule has 31 heavy (non-hydrogen) atoms. The summed E-state index contributed by atoms with van der Waals surface area (Å²) in [4.78, 5) is 21.7. The van der Waals surface area contributed by atoms with Crippen molar-refractivity contribution < 1.29 is 22.7 Å². The van der Waals surface area contributed by atoms with Gasteiger partial charge in [0, 0.05) is 42.7 Å². The molecule has 0 aliphatic carbocycles. The minimum Gasteiger partial charge on any atom is -0.488 e. The van der Waals surface area contributed by atoms with E-state index in [1.54, 1.807) is 29.2 Å². The van der Waals surface area contributed by atoms with Crippen molar-refractivity contribution >= 4 is 22.6 Å². The maximum atomic E-state index is 13.3. The average Bonchev–Trinajstić information content (AvgIpc) is 3.21. The summed E-state index contributed by atoms with van der Waals surface area (Å²) in [7, 11) is 0. The Hall–Kier alpha value is -3.36. The number of hydrogen-bond acceptors (Lipinski definition) is 5. The molecule has 1 amide bonds. The molecule has 2 aromatic heterocycles. The van der Waals surface area contributed by atoms with Crippen molar-refractivity contribution in [3.05, 3.63) is 48.3 Å². The molecule has 2 N–H and O–H groups in total. The summed E-state index contributed by atoms with van der Waals surface area (Å²) in [5.41, 5.74) is 5.90. The number of rotatable bonds is 4. The summed E-state index contributed by atoms with van der Waals surface area (Å²) in [6.07, 6.45) is -0.712. The standard InChI is InChI=1S/C22H21F3N4O2/c1-2-20(30)29-8-6-15(12-29)31-14-3-4-19-17(10-14)16(5-7-27-19)13-9-18(22(23,24)25)21(26)28-11-13/h3-5,7,9-11,15H,2,6,8,12H2,1H3,(H2,26,28)/t15-/m0/s1. The minimum absolute atomic E-state index is 0.0902. The van der Waals surface area contributed by atoms with Gasteiger partial charge in [0.1, 0.15) is 17.7 Å². The molecule has 1 atom stereocenters. The second-order valence-corrected chi connectivity index (χ2v) is 7.41. The monoisotopic (exact) mass is 430 g/mol. The fraction of sp³-hybridized carbons (Fsp3) is 0.318. The van der Waals surface area contributed by atoms with Crippen molar-refractivity contribution in [1.82, 2.24) is 14.9 Å². The van der Waals surface area contributed by atoms with Gasteiger partial charge in [0.05, 0.1) is 17.6 Å². The number of anilines is 1. The van der Waals surface area contributed by atoms with E-state index >= 15 is 0 Å². The van der Waals surface area contributed by atoms with Crippen LogP contribution in [0.2, 0.25) is 0 Å². The Morgan fingerprint density at radius 2 is 2.06 bits per heavy atom. The largest absolute Gasteiger partial charge is 0.488 e. The van der Waals surface area contributed by atoms with E-state index in [1.807, 2.05) is 6.92 Å². The van der Waals surface area contributed by atoms with E-state index in [2.05, 4.69) is 9.97 Å². The fourth-order valence-electron chi connectivity index (χ4n) is 3.77. The highest BCUT2D eigenvalue weighted by molar-refractivity contribution is 5.95. The first-order valence-electron chi connectivity index (χ1n) is 9.92. The average molecular weight is 430 g/mol. The number of pyridine rings is 2. The van der Waals surface area contributed by atoms with Crippen molar-refractivity contribution in [2.45, 2.75) is 32.0 Å². The Bertz CT molecular complexity index is 1130. The highest BCUT2D eigenvalue weighted by Gasteiger charge is 2.34. The van der Waals surface area contributed by atoms with Gasteiger partial charge in [-0.25, -0.2) is 4.98 Å². The molecule has 162 valence electrons. The van der Waals surface area contributed by atoms with Crippen molar-refractivity contribution in [3.63, 3.8) is 0 Å². The molecule has 1 aliphatic rings. The molecule has 1 fully saturated rings. The zero-order chi connectivity index (χ0) is 22.2. The summed E-state index contributed by atoms with van der Waals surface area (Å²) >= 11 is 0. The quantitative estimate of drug-likeness (QED) is 0.668. The number of carbonyl (C=O) groups excluding carboxylic acids is 1. The lowest BCUT2D eigenvalue weighted by atomic mass is 10.0. The number of aromatic nitrogens is 2. The molecule has 3 heterocycles. The van der Waals surface area contributed by atoms with Gasteiger partial charge in [-0.1, -0.05) is 6.92 Å². The second-order valence-electron chi connectivity index (χ2n) is 7.41. The molecule has 0 bridgehead atoms. The van der Waals surface area contributed by atoms with Gasteiger partial charge in [-0.2, -0.15) is 13.2 Å². The van der Waals surface area contributed by atoms with Crippen LogP contribution in [-0.4, -0.2) is 40.0 Å². The number of nitrogens with two attached hydrogens (primary N) is 1. The number of fused-ring (bicyclic) bond motifs is 1. The Kier molecular flexibility index (Phi) is 5.43. The van der Waals surface area contributed by atoms with Crippen molar-refractivity contribution in [2.75, 3.05) is 18.8 Å². The van der Waals surface area contributed by atoms with E-state index in [4.69, 9.17) is 10.5 Å². The third kappa shape index (κ3) is 4.26. The number of carbonyl (C=O) groups is 1. The Labute approximate surface area is 176 Å². The first kappa shape index (κ1) is 20.9. The number of halogens is 3. The topological polar surface area (TPSA) is 81.3 Å². The maximum Gasteiger partial charge on any atom is 0.419 e. The van der Waals surface area contributed by atoms with E-state index < -0.39 is 17.6 Å². The van der Waals surface area contributed by atoms with Gasteiger partial charge in [-0.05, 0) is 35.9 Å². The third-order valence-corrected chi connectivity index (χ3v) is 5.35. The van der Waals surface area contributed by atoms with E-state index in [9.17, 15) is 18.0 Å². The SMILES string of the molecule is CCC(=O)N1CC[C@H](Oc2ccc3nccc(-c4cnc(N)c(C(F)(F)F)c4)c3c2)C1. The predicted octanol–water partition coefficient (Wildman–Crippen LogP) is 4.29. The predicted molar refractivity (Wildman–Crippen MR) is 110 cm³/mol. The molecule has 0 unspecified atom stereocenters.